The Morgan fingerprint density at radius 3 is 2.33 bits per heavy atom. The van der Waals surface area contributed by atoms with Crippen LogP contribution in [0, 0.1) is 5.92 Å². The molecule has 0 fully saturated rings. The summed E-state index contributed by atoms with van der Waals surface area (Å²) in [6.07, 6.45) is 0.993. The first kappa shape index (κ1) is 11.8. The van der Waals surface area contributed by atoms with Crippen molar-refractivity contribution in [3.8, 4) is 5.75 Å². The first-order chi connectivity index (χ1) is 7.15. The fourth-order valence-electron chi connectivity index (χ4n) is 1.27. The summed E-state index contributed by atoms with van der Waals surface area (Å²) in [7, 11) is 0. The molecule has 2 nitrogen and oxygen atoms in total. The third-order valence-electron chi connectivity index (χ3n) is 2.14. The van der Waals surface area contributed by atoms with Crippen molar-refractivity contribution in [3.05, 3.63) is 29.8 Å². The van der Waals surface area contributed by atoms with Crippen LogP contribution in [0.3, 0.4) is 0 Å². The molecule has 0 N–H and O–H groups in total. The molecule has 0 atom stereocenters. The Morgan fingerprint density at radius 2 is 1.87 bits per heavy atom. The van der Waals surface area contributed by atoms with Crippen molar-refractivity contribution in [2.24, 2.45) is 5.92 Å². The average molecular weight is 206 g/mol. The second-order valence-corrected chi connectivity index (χ2v) is 3.89. The maximum atomic E-state index is 11.6. The van der Waals surface area contributed by atoms with Gasteiger partial charge in [-0.15, -0.1) is 0 Å². The molecule has 0 aromatic heterocycles. The number of benzene rings is 1. The number of hydrogen-bond donors (Lipinski definition) is 0. The highest BCUT2D eigenvalue weighted by Gasteiger charge is 2.09. The fraction of sp³-hybridized carbons (Fsp3) is 0.462. The molecule has 0 heterocycles. The average Bonchev–Trinajstić information content (AvgIpc) is 2.26. The highest BCUT2D eigenvalue weighted by atomic mass is 16.5. The zero-order valence-electron chi connectivity index (χ0n) is 9.62. The topological polar surface area (TPSA) is 26.3 Å². The van der Waals surface area contributed by atoms with Gasteiger partial charge in [0.15, 0.2) is 5.78 Å². The highest BCUT2D eigenvalue weighted by Crippen LogP contribution is 2.15. The van der Waals surface area contributed by atoms with Gasteiger partial charge in [-0.2, -0.15) is 0 Å². The SMILES string of the molecule is CCCOc1ccc(C(=O)C(C)C)cc1. The van der Waals surface area contributed by atoms with Gasteiger partial charge in [-0.25, -0.2) is 0 Å². The molecule has 2 heteroatoms. The van der Waals surface area contributed by atoms with Crippen molar-refractivity contribution in [1.29, 1.82) is 0 Å². The van der Waals surface area contributed by atoms with E-state index in [-0.39, 0.29) is 11.7 Å². The minimum atomic E-state index is 0.0485. The number of carbonyl (C=O) groups is 1. The van der Waals surface area contributed by atoms with E-state index in [1.54, 1.807) is 0 Å². The lowest BCUT2D eigenvalue weighted by Gasteiger charge is -2.06. The van der Waals surface area contributed by atoms with Crippen LogP contribution < -0.4 is 4.74 Å². The molecule has 0 aliphatic carbocycles. The summed E-state index contributed by atoms with van der Waals surface area (Å²) in [6, 6.07) is 7.36. The van der Waals surface area contributed by atoms with E-state index in [1.807, 2.05) is 38.1 Å². The van der Waals surface area contributed by atoms with E-state index < -0.39 is 0 Å². The number of rotatable bonds is 5. The Morgan fingerprint density at radius 1 is 1.27 bits per heavy atom. The molecule has 0 aliphatic rings. The predicted octanol–water partition coefficient (Wildman–Crippen LogP) is 3.31. The number of hydrogen-bond acceptors (Lipinski definition) is 2. The lowest BCUT2D eigenvalue weighted by Crippen LogP contribution is -2.07. The summed E-state index contributed by atoms with van der Waals surface area (Å²) in [5.41, 5.74) is 0.758. The standard InChI is InChI=1S/C13H18O2/c1-4-9-15-12-7-5-11(6-8-12)13(14)10(2)3/h5-8,10H,4,9H2,1-3H3. The van der Waals surface area contributed by atoms with Crippen molar-refractivity contribution < 1.29 is 9.53 Å². The van der Waals surface area contributed by atoms with Crippen molar-refractivity contribution >= 4 is 5.78 Å². The van der Waals surface area contributed by atoms with Gasteiger partial charge in [0.2, 0.25) is 0 Å². The summed E-state index contributed by atoms with van der Waals surface area (Å²) in [4.78, 5) is 11.6. The van der Waals surface area contributed by atoms with Gasteiger partial charge in [0.1, 0.15) is 5.75 Å². The Bertz CT molecular complexity index is 312. The minimum absolute atomic E-state index is 0.0485. The number of carbonyl (C=O) groups excluding carboxylic acids is 1. The Balaban J connectivity index is 2.68. The summed E-state index contributed by atoms with van der Waals surface area (Å²) in [5, 5.41) is 0. The molecule has 0 aliphatic heterocycles. The van der Waals surface area contributed by atoms with E-state index in [0.29, 0.717) is 0 Å². The summed E-state index contributed by atoms with van der Waals surface area (Å²) in [5.74, 6) is 1.06. The molecule has 82 valence electrons. The van der Waals surface area contributed by atoms with Crippen LogP contribution in [-0.2, 0) is 0 Å². The molecule has 1 aromatic rings. The second-order valence-electron chi connectivity index (χ2n) is 3.89. The van der Waals surface area contributed by atoms with Crippen LogP contribution in [0.4, 0.5) is 0 Å². The van der Waals surface area contributed by atoms with Crippen LogP contribution in [0.2, 0.25) is 0 Å². The summed E-state index contributed by atoms with van der Waals surface area (Å²) in [6.45, 7) is 6.60. The smallest absolute Gasteiger partial charge is 0.165 e. The highest BCUT2D eigenvalue weighted by molar-refractivity contribution is 5.97. The summed E-state index contributed by atoms with van der Waals surface area (Å²) >= 11 is 0. The van der Waals surface area contributed by atoms with Gasteiger partial charge in [-0.1, -0.05) is 20.8 Å². The molecule has 1 rings (SSSR count). The van der Waals surface area contributed by atoms with Gasteiger partial charge in [-0.05, 0) is 30.7 Å². The van der Waals surface area contributed by atoms with Crippen LogP contribution in [0.15, 0.2) is 24.3 Å². The molecule has 0 amide bonds. The molecule has 15 heavy (non-hydrogen) atoms. The van der Waals surface area contributed by atoms with Crippen LogP contribution in [0.1, 0.15) is 37.6 Å². The molecule has 0 saturated heterocycles. The van der Waals surface area contributed by atoms with Crippen molar-refractivity contribution in [1.82, 2.24) is 0 Å². The number of Topliss-reactive ketones (excluding diaryl/α,β-unsaturated/α-hetero) is 1. The lowest BCUT2D eigenvalue weighted by molar-refractivity contribution is 0.0939. The van der Waals surface area contributed by atoms with Crippen LogP contribution in [0.25, 0.3) is 0 Å². The van der Waals surface area contributed by atoms with E-state index >= 15 is 0 Å². The maximum absolute atomic E-state index is 11.6. The van der Waals surface area contributed by atoms with Gasteiger partial charge in [0.05, 0.1) is 6.61 Å². The van der Waals surface area contributed by atoms with Gasteiger partial charge >= 0.3 is 0 Å². The first-order valence-electron chi connectivity index (χ1n) is 5.42. The molecular weight excluding hydrogens is 188 g/mol. The van der Waals surface area contributed by atoms with Gasteiger partial charge in [0, 0.05) is 11.5 Å². The Kier molecular flexibility index (Phi) is 4.35. The molecule has 1 aromatic carbocycles. The van der Waals surface area contributed by atoms with Gasteiger partial charge in [0.25, 0.3) is 0 Å². The predicted molar refractivity (Wildman–Crippen MR) is 61.4 cm³/mol. The lowest BCUT2D eigenvalue weighted by atomic mass is 10.0. The van der Waals surface area contributed by atoms with Crippen LogP contribution in [-0.4, -0.2) is 12.4 Å². The molecule has 0 unspecified atom stereocenters. The Labute approximate surface area is 91.3 Å². The fourth-order valence-corrected chi connectivity index (χ4v) is 1.27. The molecular formula is C13H18O2. The van der Waals surface area contributed by atoms with E-state index in [2.05, 4.69) is 6.92 Å². The molecule has 0 radical (unpaired) electrons. The second kappa shape index (κ2) is 5.54. The van der Waals surface area contributed by atoms with Crippen molar-refractivity contribution in [3.63, 3.8) is 0 Å². The zero-order chi connectivity index (χ0) is 11.3. The van der Waals surface area contributed by atoms with E-state index in [0.717, 1.165) is 24.3 Å². The number of ketones is 1. The quantitative estimate of drug-likeness (QED) is 0.691. The van der Waals surface area contributed by atoms with Crippen LogP contribution in [0.5, 0.6) is 5.75 Å². The zero-order valence-corrected chi connectivity index (χ0v) is 9.62. The molecule has 0 spiro atoms. The van der Waals surface area contributed by atoms with Crippen molar-refractivity contribution in [2.75, 3.05) is 6.61 Å². The summed E-state index contributed by atoms with van der Waals surface area (Å²) < 4.78 is 5.44. The van der Waals surface area contributed by atoms with E-state index in [9.17, 15) is 4.79 Å². The normalized spacial score (nSPS) is 10.4. The third-order valence-corrected chi connectivity index (χ3v) is 2.14. The van der Waals surface area contributed by atoms with Gasteiger partial charge in [-0.3, -0.25) is 4.79 Å². The molecule has 0 bridgehead atoms. The van der Waals surface area contributed by atoms with E-state index in [4.69, 9.17) is 4.74 Å². The third kappa shape index (κ3) is 3.39. The molecule has 0 saturated carbocycles. The maximum Gasteiger partial charge on any atom is 0.165 e. The van der Waals surface area contributed by atoms with E-state index in [1.165, 1.54) is 0 Å². The number of ether oxygens (including phenoxy) is 1. The monoisotopic (exact) mass is 206 g/mol. The minimum Gasteiger partial charge on any atom is -0.494 e. The Hall–Kier alpha value is -1.31. The first-order valence-corrected chi connectivity index (χ1v) is 5.42. The largest absolute Gasteiger partial charge is 0.494 e. The van der Waals surface area contributed by atoms with Crippen LogP contribution >= 0.6 is 0 Å². The van der Waals surface area contributed by atoms with Crippen molar-refractivity contribution in [2.45, 2.75) is 27.2 Å². The van der Waals surface area contributed by atoms with Gasteiger partial charge < -0.3 is 4.74 Å².